The summed E-state index contributed by atoms with van der Waals surface area (Å²) >= 11 is 1.49. The molecule has 2 saturated heterocycles. The number of nitro benzene ring substituents is 1. The lowest BCUT2D eigenvalue weighted by Gasteiger charge is -2.29. The number of nitrogens with zero attached hydrogens (tertiary/aromatic N) is 1. The lowest BCUT2D eigenvalue weighted by molar-refractivity contribution is -0.387. The molecule has 0 radical (unpaired) electrons. The first-order valence-corrected chi connectivity index (χ1v) is 10.4. The van der Waals surface area contributed by atoms with Gasteiger partial charge in [0, 0.05) is 29.8 Å². The minimum absolute atomic E-state index is 0.0248. The van der Waals surface area contributed by atoms with Crippen LogP contribution in [0.2, 0.25) is 0 Å². The number of fused-ring (bicyclic) bond motifs is 2. The van der Waals surface area contributed by atoms with Gasteiger partial charge in [0.15, 0.2) is 0 Å². The lowest BCUT2D eigenvalue weighted by atomic mass is 9.99. The van der Waals surface area contributed by atoms with Crippen molar-refractivity contribution in [1.82, 2.24) is 10.6 Å². The van der Waals surface area contributed by atoms with E-state index in [0.717, 1.165) is 25.0 Å². The predicted molar refractivity (Wildman–Crippen MR) is 104 cm³/mol. The quantitative estimate of drug-likeness (QED) is 0.429. The van der Waals surface area contributed by atoms with Crippen LogP contribution in [0.1, 0.15) is 56.3 Å². The second-order valence-corrected chi connectivity index (χ2v) is 8.89. The largest absolute Gasteiger partial charge is 0.349 e. The number of benzene rings is 1. The first-order valence-electron chi connectivity index (χ1n) is 9.40. The topological polar surface area (TPSA) is 84.3 Å². The fourth-order valence-electron chi connectivity index (χ4n) is 3.77. The van der Waals surface area contributed by atoms with Crippen molar-refractivity contribution >= 4 is 23.4 Å². The standard InChI is InChI=1S/C19H27N3O3S/c1-12(2)7-8-26-18-6-3-13(9-17(18)22(24)25)19(23)21-16-10-14-4-5-15(11-16)20-14/h3,6,9,12,14-16,20H,4-5,7-8,10-11H2,1-2H3,(H,21,23). The zero-order chi connectivity index (χ0) is 18.7. The average molecular weight is 378 g/mol. The van der Waals surface area contributed by atoms with Gasteiger partial charge in [0.2, 0.25) is 0 Å². The summed E-state index contributed by atoms with van der Waals surface area (Å²) in [5.41, 5.74) is 0.396. The van der Waals surface area contributed by atoms with Crippen molar-refractivity contribution in [3.63, 3.8) is 0 Å². The lowest BCUT2D eigenvalue weighted by Crippen LogP contribution is -2.48. The van der Waals surface area contributed by atoms with Crippen LogP contribution in [-0.4, -0.2) is 34.7 Å². The van der Waals surface area contributed by atoms with Gasteiger partial charge in [-0.15, -0.1) is 11.8 Å². The molecular formula is C19H27N3O3S. The Bertz CT molecular complexity index is 668. The fourth-order valence-corrected chi connectivity index (χ4v) is 5.03. The summed E-state index contributed by atoms with van der Waals surface area (Å²) in [6.45, 7) is 4.27. The van der Waals surface area contributed by atoms with Gasteiger partial charge in [0.25, 0.3) is 11.6 Å². The molecule has 2 aliphatic rings. The Hall–Kier alpha value is -1.60. The van der Waals surface area contributed by atoms with Crippen molar-refractivity contribution in [3.05, 3.63) is 33.9 Å². The van der Waals surface area contributed by atoms with Crippen molar-refractivity contribution in [2.75, 3.05) is 5.75 Å². The van der Waals surface area contributed by atoms with Gasteiger partial charge >= 0.3 is 0 Å². The van der Waals surface area contributed by atoms with Crippen LogP contribution >= 0.6 is 11.8 Å². The van der Waals surface area contributed by atoms with Gasteiger partial charge in [0.05, 0.1) is 9.82 Å². The molecule has 2 unspecified atom stereocenters. The molecule has 2 bridgehead atoms. The Morgan fingerprint density at radius 1 is 1.35 bits per heavy atom. The zero-order valence-electron chi connectivity index (χ0n) is 15.4. The molecule has 6 nitrogen and oxygen atoms in total. The Balaban J connectivity index is 1.66. The molecular weight excluding hydrogens is 350 g/mol. The van der Waals surface area contributed by atoms with Crippen molar-refractivity contribution in [2.24, 2.45) is 5.92 Å². The maximum absolute atomic E-state index is 12.6. The van der Waals surface area contributed by atoms with E-state index in [1.165, 1.54) is 30.7 Å². The molecule has 3 rings (SSSR count). The number of rotatable bonds is 7. The predicted octanol–water partition coefficient (Wildman–Crippen LogP) is 3.75. The normalized spacial score (nSPS) is 24.7. The highest BCUT2D eigenvalue weighted by Crippen LogP contribution is 2.31. The van der Waals surface area contributed by atoms with E-state index in [9.17, 15) is 14.9 Å². The van der Waals surface area contributed by atoms with E-state index in [2.05, 4.69) is 24.5 Å². The van der Waals surface area contributed by atoms with Crippen LogP contribution in [0, 0.1) is 16.0 Å². The van der Waals surface area contributed by atoms with Gasteiger partial charge < -0.3 is 10.6 Å². The summed E-state index contributed by atoms with van der Waals surface area (Å²) in [7, 11) is 0. The Labute approximate surface area is 158 Å². The summed E-state index contributed by atoms with van der Waals surface area (Å²) in [5, 5.41) is 18.1. The molecule has 0 aromatic heterocycles. The van der Waals surface area contributed by atoms with Crippen LogP contribution in [0.3, 0.4) is 0 Å². The van der Waals surface area contributed by atoms with E-state index < -0.39 is 0 Å². The third-order valence-electron chi connectivity index (χ3n) is 5.18. The number of carbonyl (C=O) groups is 1. The highest BCUT2D eigenvalue weighted by atomic mass is 32.2. The number of carbonyl (C=O) groups excluding carboxylic acids is 1. The van der Waals surface area contributed by atoms with Gasteiger partial charge in [-0.2, -0.15) is 0 Å². The van der Waals surface area contributed by atoms with Crippen LogP contribution in [0.15, 0.2) is 23.1 Å². The molecule has 1 aromatic rings. The minimum Gasteiger partial charge on any atom is -0.349 e. The van der Waals surface area contributed by atoms with Crippen LogP contribution in [0.4, 0.5) is 5.69 Å². The summed E-state index contributed by atoms with van der Waals surface area (Å²) in [5.74, 6) is 1.19. The summed E-state index contributed by atoms with van der Waals surface area (Å²) < 4.78 is 0. The molecule has 2 fully saturated rings. The Kier molecular flexibility index (Phi) is 6.19. The van der Waals surface area contributed by atoms with Crippen molar-refractivity contribution in [2.45, 2.75) is 69.0 Å². The highest BCUT2D eigenvalue weighted by molar-refractivity contribution is 7.99. The molecule has 2 heterocycles. The molecule has 142 valence electrons. The molecule has 26 heavy (non-hydrogen) atoms. The monoisotopic (exact) mass is 377 g/mol. The first kappa shape index (κ1) is 19.2. The van der Waals surface area contributed by atoms with E-state index in [1.807, 2.05) is 0 Å². The number of nitro groups is 1. The fraction of sp³-hybridized carbons (Fsp3) is 0.632. The maximum Gasteiger partial charge on any atom is 0.283 e. The molecule has 2 aliphatic heterocycles. The second kappa shape index (κ2) is 8.39. The van der Waals surface area contributed by atoms with Gasteiger partial charge in [-0.25, -0.2) is 0 Å². The third kappa shape index (κ3) is 4.76. The Morgan fingerprint density at radius 2 is 2.04 bits per heavy atom. The molecule has 1 amide bonds. The van der Waals surface area contributed by atoms with Gasteiger partial charge in [-0.3, -0.25) is 14.9 Å². The number of amides is 1. The van der Waals surface area contributed by atoms with Gasteiger partial charge in [-0.1, -0.05) is 13.8 Å². The van der Waals surface area contributed by atoms with E-state index in [-0.39, 0.29) is 22.6 Å². The molecule has 0 spiro atoms. The summed E-state index contributed by atoms with van der Waals surface area (Å²) in [4.78, 5) is 24.2. The number of hydrogen-bond donors (Lipinski definition) is 2. The molecule has 2 N–H and O–H groups in total. The first-order chi connectivity index (χ1) is 12.4. The number of hydrogen-bond acceptors (Lipinski definition) is 5. The van der Waals surface area contributed by atoms with Crippen LogP contribution in [0.5, 0.6) is 0 Å². The van der Waals surface area contributed by atoms with Crippen LogP contribution in [0.25, 0.3) is 0 Å². The van der Waals surface area contributed by atoms with E-state index in [4.69, 9.17) is 0 Å². The van der Waals surface area contributed by atoms with E-state index >= 15 is 0 Å². The average Bonchev–Trinajstić information content (AvgIpc) is 2.93. The molecule has 1 aromatic carbocycles. The number of piperidine rings is 1. The van der Waals surface area contributed by atoms with Crippen molar-refractivity contribution in [1.29, 1.82) is 0 Å². The van der Waals surface area contributed by atoms with Crippen molar-refractivity contribution < 1.29 is 9.72 Å². The van der Waals surface area contributed by atoms with Gasteiger partial charge in [0.1, 0.15) is 0 Å². The molecule has 0 saturated carbocycles. The summed E-state index contributed by atoms with van der Waals surface area (Å²) in [6.07, 6.45) is 5.22. The van der Waals surface area contributed by atoms with Gasteiger partial charge in [-0.05, 0) is 55.9 Å². The molecule has 0 aliphatic carbocycles. The second-order valence-electron chi connectivity index (χ2n) is 7.75. The molecule has 7 heteroatoms. The van der Waals surface area contributed by atoms with Crippen LogP contribution < -0.4 is 10.6 Å². The number of thioether (sulfide) groups is 1. The highest BCUT2D eigenvalue weighted by Gasteiger charge is 2.34. The van der Waals surface area contributed by atoms with Crippen molar-refractivity contribution in [3.8, 4) is 0 Å². The van der Waals surface area contributed by atoms with Crippen LogP contribution in [-0.2, 0) is 0 Å². The number of nitrogens with one attached hydrogen (secondary N) is 2. The third-order valence-corrected chi connectivity index (χ3v) is 6.27. The SMILES string of the molecule is CC(C)CCSc1ccc(C(=O)NC2CC3CCC(C2)N3)cc1[N+](=O)[O-]. The van der Waals surface area contributed by atoms with E-state index in [0.29, 0.717) is 28.5 Å². The zero-order valence-corrected chi connectivity index (χ0v) is 16.2. The maximum atomic E-state index is 12.6. The smallest absolute Gasteiger partial charge is 0.283 e. The summed E-state index contributed by atoms with van der Waals surface area (Å²) in [6, 6.07) is 5.98. The minimum atomic E-state index is -0.390. The Morgan fingerprint density at radius 3 is 2.65 bits per heavy atom. The van der Waals surface area contributed by atoms with E-state index in [1.54, 1.807) is 12.1 Å². The molecule has 2 atom stereocenters.